The van der Waals surface area contributed by atoms with Gasteiger partial charge in [-0.2, -0.15) is 0 Å². The molecule has 1 N–H and O–H groups in total. The monoisotopic (exact) mass is 229 g/mol. The van der Waals surface area contributed by atoms with Crippen molar-refractivity contribution in [2.24, 2.45) is 0 Å². The van der Waals surface area contributed by atoms with Crippen LogP contribution in [0.4, 0.5) is 0 Å². The lowest BCUT2D eigenvalue weighted by atomic mass is 10.2. The highest BCUT2D eigenvalue weighted by molar-refractivity contribution is 7.88. The van der Waals surface area contributed by atoms with Gasteiger partial charge in [0.15, 0.2) is 0 Å². The number of hydrogen-bond acceptors (Lipinski definition) is 3. The molecule has 0 aromatic heterocycles. The van der Waals surface area contributed by atoms with Crippen LogP contribution in [-0.4, -0.2) is 27.8 Å². The lowest BCUT2D eigenvalue weighted by molar-refractivity contribution is 0.323. The molecule has 5 heteroatoms. The van der Waals surface area contributed by atoms with Gasteiger partial charge in [0.25, 0.3) is 0 Å². The van der Waals surface area contributed by atoms with Gasteiger partial charge >= 0.3 is 0 Å². The van der Waals surface area contributed by atoms with E-state index in [0.29, 0.717) is 6.61 Å². The molecule has 0 bridgehead atoms. The molecule has 0 spiro atoms. The average Bonchev–Trinajstić information content (AvgIpc) is 2.11. The maximum Gasteiger partial charge on any atom is 0.208 e. The summed E-state index contributed by atoms with van der Waals surface area (Å²) in [7, 11) is -3.12. The molecule has 0 fully saturated rings. The van der Waals surface area contributed by atoms with Crippen molar-refractivity contribution < 1.29 is 13.2 Å². The van der Waals surface area contributed by atoms with Crippen LogP contribution in [-0.2, 0) is 10.0 Å². The van der Waals surface area contributed by atoms with Crippen LogP contribution in [0.2, 0.25) is 0 Å². The van der Waals surface area contributed by atoms with Gasteiger partial charge in [0, 0.05) is 6.54 Å². The second-order valence-electron chi connectivity index (χ2n) is 3.33. The molecule has 0 aliphatic heterocycles. The minimum atomic E-state index is -3.12. The van der Waals surface area contributed by atoms with Crippen molar-refractivity contribution in [3.05, 3.63) is 29.8 Å². The van der Waals surface area contributed by atoms with Crippen LogP contribution in [0.1, 0.15) is 5.56 Å². The average molecular weight is 229 g/mol. The molecule has 0 unspecified atom stereocenters. The standard InChI is InChI=1S/C10H15NO3S/c1-9-4-3-5-10(8-9)14-7-6-11-15(2,12)13/h3-5,8,11H,6-7H2,1-2H3. The Morgan fingerprint density at radius 1 is 1.40 bits per heavy atom. The van der Waals surface area contributed by atoms with Crippen LogP contribution in [0.5, 0.6) is 5.75 Å². The first-order valence-electron chi connectivity index (χ1n) is 4.61. The Kier molecular flexibility index (Phi) is 4.11. The molecular formula is C10H15NO3S. The SMILES string of the molecule is Cc1cccc(OCCNS(C)(=O)=O)c1. The minimum absolute atomic E-state index is 0.284. The Morgan fingerprint density at radius 2 is 2.13 bits per heavy atom. The molecule has 1 aromatic rings. The van der Waals surface area contributed by atoms with Crippen molar-refractivity contribution >= 4 is 10.0 Å². The highest BCUT2D eigenvalue weighted by Crippen LogP contribution is 2.11. The number of aryl methyl sites for hydroxylation is 1. The fourth-order valence-electron chi connectivity index (χ4n) is 1.10. The quantitative estimate of drug-likeness (QED) is 0.764. The van der Waals surface area contributed by atoms with Crippen LogP contribution in [0.3, 0.4) is 0 Å². The van der Waals surface area contributed by atoms with Crippen LogP contribution in [0.25, 0.3) is 0 Å². The Morgan fingerprint density at radius 3 is 2.73 bits per heavy atom. The topological polar surface area (TPSA) is 55.4 Å². The van der Waals surface area contributed by atoms with Gasteiger partial charge in [-0.15, -0.1) is 0 Å². The summed E-state index contributed by atoms with van der Waals surface area (Å²) in [5, 5.41) is 0. The van der Waals surface area contributed by atoms with Gasteiger partial charge in [0.1, 0.15) is 12.4 Å². The van der Waals surface area contributed by atoms with E-state index in [-0.39, 0.29) is 6.54 Å². The highest BCUT2D eigenvalue weighted by atomic mass is 32.2. The fraction of sp³-hybridized carbons (Fsp3) is 0.400. The van der Waals surface area contributed by atoms with E-state index >= 15 is 0 Å². The van der Waals surface area contributed by atoms with E-state index in [2.05, 4.69) is 4.72 Å². The summed E-state index contributed by atoms with van der Waals surface area (Å²) < 4.78 is 29.2. The predicted molar refractivity (Wildman–Crippen MR) is 59.5 cm³/mol. The number of rotatable bonds is 5. The zero-order valence-electron chi connectivity index (χ0n) is 8.86. The van der Waals surface area contributed by atoms with Crippen molar-refractivity contribution in [2.45, 2.75) is 6.92 Å². The van der Waals surface area contributed by atoms with Crippen molar-refractivity contribution in [3.8, 4) is 5.75 Å². The molecule has 0 amide bonds. The van der Waals surface area contributed by atoms with Crippen molar-refractivity contribution in [1.29, 1.82) is 0 Å². The molecule has 15 heavy (non-hydrogen) atoms. The van der Waals surface area contributed by atoms with Crippen LogP contribution < -0.4 is 9.46 Å². The summed E-state index contributed by atoms with van der Waals surface area (Å²) >= 11 is 0. The van der Waals surface area contributed by atoms with Gasteiger partial charge in [-0.3, -0.25) is 0 Å². The van der Waals surface area contributed by atoms with Crippen molar-refractivity contribution in [3.63, 3.8) is 0 Å². The summed E-state index contributed by atoms with van der Waals surface area (Å²) in [5.41, 5.74) is 1.11. The predicted octanol–water partition coefficient (Wildman–Crippen LogP) is 0.923. The zero-order valence-corrected chi connectivity index (χ0v) is 9.67. The second-order valence-corrected chi connectivity index (χ2v) is 5.16. The van der Waals surface area contributed by atoms with Crippen LogP contribution in [0.15, 0.2) is 24.3 Å². The van der Waals surface area contributed by atoms with E-state index in [1.807, 2.05) is 31.2 Å². The Balaban J connectivity index is 2.32. The third kappa shape index (κ3) is 5.39. The smallest absolute Gasteiger partial charge is 0.208 e. The molecule has 0 atom stereocenters. The molecule has 4 nitrogen and oxygen atoms in total. The van der Waals surface area contributed by atoms with Gasteiger partial charge < -0.3 is 4.74 Å². The number of benzene rings is 1. The first-order chi connectivity index (χ1) is 6.97. The second kappa shape index (κ2) is 5.14. The minimum Gasteiger partial charge on any atom is -0.492 e. The molecule has 0 saturated carbocycles. The molecule has 0 heterocycles. The Bertz CT molecular complexity index is 414. The first kappa shape index (κ1) is 12.0. The number of sulfonamides is 1. The van der Waals surface area contributed by atoms with Gasteiger partial charge in [-0.05, 0) is 24.6 Å². The molecule has 0 aliphatic rings. The van der Waals surface area contributed by atoms with Crippen molar-refractivity contribution in [2.75, 3.05) is 19.4 Å². The number of nitrogens with one attached hydrogen (secondary N) is 1. The summed E-state index contributed by atoms with van der Waals surface area (Å²) in [6, 6.07) is 7.62. The maximum atomic E-state index is 10.7. The molecule has 84 valence electrons. The molecule has 0 aliphatic carbocycles. The third-order valence-electron chi connectivity index (χ3n) is 1.72. The molecule has 0 saturated heterocycles. The van der Waals surface area contributed by atoms with E-state index < -0.39 is 10.0 Å². The summed E-state index contributed by atoms with van der Waals surface area (Å²) in [4.78, 5) is 0. The van der Waals surface area contributed by atoms with Gasteiger partial charge in [0.05, 0.1) is 6.26 Å². The van der Waals surface area contributed by atoms with E-state index in [4.69, 9.17) is 4.74 Å². The first-order valence-corrected chi connectivity index (χ1v) is 6.50. The largest absolute Gasteiger partial charge is 0.492 e. The molecule has 1 aromatic carbocycles. The third-order valence-corrected chi connectivity index (χ3v) is 2.45. The van der Waals surface area contributed by atoms with Crippen LogP contribution in [0, 0.1) is 6.92 Å². The number of hydrogen-bond donors (Lipinski definition) is 1. The van der Waals surface area contributed by atoms with Crippen molar-refractivity contribution in [1.82, 2.24) is 4.72 Å². The van der Waals surface area contributed by atoms with E-state index in [1.165, 1.54) is 0 Å². The fourth-order valence-corrected chi connectivity index (χ4v) is 1.56. The van der Waals surface area contributed by atoms with E-state index in [1.54, 1.807) is 0 Å². The van der Waals surface area contributed by atoms with Crippen LogP contribution >= 0.6 is 0 Å². The molecule has 1 rings (SSSR count). The summed E-state index contributed by atoms with van der Waals surface area (Å²) in [5.74, 6) is 0.755. The highest BCUT2D eigenvalue weighted by Gasteiger charge is 1.99. The van der Waals surface area contributed by atoms with E-state index in [0.717, 1.165) is 17.6 Å². The van der Waals surface area contributed by atoms with Gasteiger partial charge in [0.2, 0.25) is 10.0 Å². The Labute approximate surface area is 90.3 Å². The summed E-state index contributed by atoms with van der Waals surface area (Å²) in [6.45, 7) is 2.59. The van der Waals surface area contributed by atoms with E-state index in [9.17, 15) is 8.42 Å². The normalized spacial score (nSPS) is 11.3. The lowest BCUT2D eigenvalue weighted by Crippen LogP contribution is -2.26. The zero-order chi connectivity index (χ0) is 11.3. The van der Waals surface area contributed by atoms with Gasteiger partial charge in [-0.1, -0.05) is 12.1 Å². The van der Waals surface area contributed by atoms with Gasteiger partial charge in [-0.25, -0.2) is 13.1 Å². The summed E-state index contributed by atoms with van der Waals surface area (Å²) in [6.07, 6.45) is 1.12. The lowest BCUT2D eigenvalue weighted by Gasteiger charge is -2.06. The maximum absolute atomic E-state index is 10.7. The molecular weight excluding hydrogens is 214 g/mol. The molecule has 0 radical (unpaired) electrons. The Hall–Kier alpha value is -1.07. The number of ether oxygens (including phenoxy) is 1.